The Hall–Kier alpha value is -6.53. The van der Waals surface area contributed by atoms with Crippen molar-refractivity contribution in [2.45, 2.75) is 128 Å². The Bertz CT molecular complexity index is 2240. The monoisotopic (exact) mass is 988 g/mol. The van der Waals surface area contributed by atoms with E-state index in [2.05, 4.69) is 10.6 Å². The molecule has 5 rings (SSSR count). The van der Waals surface area contributed by atoms with Gasteiger partial charge in [-0.1, -0.05) is 115 Å². The number of nitrogens with one attached hydrogen (secondary N) is 2. The summed E-state index contributed by atoms with van der Waals surface area (Å²) in [6.07, 6.45) is 4.47. The van der Waals surface area contributed by atoms with Crippen LogP contribution < -0.4 is 10.6 Å². The van der Waals surface area contributed by atoms with Gasteiger partial charge in [-0.25, -0.2) is 9.59 Å². The molecule has 4 N–H and O–H groups in total. The van der Waals surface area contributed by atoms with Crippen LogP contribution in [0.5, 0.6) is 0 Å². The third-order valence-corrected chi connectivity index (χ3v) is 14.4. The lowest BCUT2D eigenvalue weighted by Gasteiger charge is -2.44. The van der Waals surface area contributed by atoms with Crippen molar-refractivity contribution < 1.29 is 58.1 Å². The SMILES string of the molecule is CC[C@H](C)[C@H](NC(=O)[C@H](CC(C)C)N(C)C(=O)OCC1c2ccccc2-c2ccccc21)C(=O)N(C)CC(=O)N1CC[C@H]1C(=O)N(C)[C@@H](CC1CCCCC1)C(=O)N(C)CC(=O)N[C@@H](CC(=O)O)C(=O)O. The summed E-state index contributed by atoms with van der Waals surface area (Å²) in [6.45, 7) is 6.82. The fourth-order valence-electron chi connectivity index (χ4n) is 9.91. The van der Waals surface area contributed by atoms with Gasteiger partial charge in [-0.3, -0.25) is 38.5 Å². The van der Waals surface area contributed by atoms with E-state index in [9.17, 15) is 48.3 Å². The molecule has 0 unspecified atom stereocenters. The van der Waals surface area contributed by atoms with E-state index in [-0.39, 0.29) is 43.2 Å². The number of rotatable bonds is 23. The predicted molar refractivity (Wildman–Crippen MR) is 262 cm³/mol. The number of hydrogen-bond donors (Lipinski definition) is 4. The van der Waals surface area contributed by atoms with Gasteiger partial charge in [-0.05, 0) is 59.3 Å². The van der Waals surface area contributed by atoms with Gasteiger partial charge in [0.2, 0.25) is 35.4 Å². The lowest BCUT2D eigenvalue weighted by molar-refractivity contribution is -0.158. The smallest absolute Gasteiger partial charge is 0.410 e. The minimum atomic E-state index is -1.71. The van der Waals surface area contributed by atoms with Gasteiger partial charge in [-0.2, -0.15) is 0 Å². The third kappa shape index (κ3) is 13.9. The zero-order valence-corrected chi connectivity index (χ0v) is 42.4. The Morgan fingerprint density at radius 2 is 1.34 bits per heavy atom. The number of ether oxygens (including phenoxy) is 1. The van der Waals surface area contributed by atoms with Crippen LogP contribution in [0.15, 0.2) is 48.5 Å². The molecule has 1 aliphatic heterocycles. The van der Waals surface area contributed by atoms with Gasteiger partial charge < -0.3 is 45.2 Å². The molecule has 0 spiro atoms. The van der Waals surface area contributed by atoms with Crippen molar-refractivity contribution in [3.63, 3.8) is 0 Å². The molecule has 1 saturated heterocycles. The number of carboxylic acids is 2. The Morgan fingerprint density at radius 1 is 0.746 bits per heavy atom. The van der Waals surface area contributed by atoms with Crippen LogP contribution in [0, 0.1) is 17.8 Å². The predicted octanol–water partition coefficient (Wildman–Crippen LogP) is 4.17. The summed E-state index contributed by atoms with van der Waals surface area (Å²) in [4.78, 5) is 126. The minimum absolute atomic E-state index is 0.0163. The van der Waals surface area contributed by atoms with Crippen LogP contribution in [-0.2, 0) is 43.1 Å². The van der Waals surface area contributed by atoms with Crippen LogP contribution in [0.1, 0.15) is 109 Å². The van der Waals surface area contributed by atoms with E-state index in [1.807, 2.05) is 76.2 Å². The number of likely N-dealkylation sites (tertiary alicyclic amines) is 1. The minimum Gasteiger partial charge on any atom is -0.481 e. The molecule has 0 aromatic heterocycles. The lowest BCUT2D eigenvalue weighted by Crippen LogP contribution is -2.63. The van der Waals surface area contributed by atoms with Gasteiger partial charge in [0, 0.05) is 40.7 Å². The highest BCUT2D eigenvalue weighted by Gasteiger charge is 2.44. The number of carbonyl (C=O) groups excluding carboxylic acids is 7. The van der Waals surface area contributed by atoms with Crippen molar-refractivity contribution >= 4 is 53.5 Å². The van der Waals surface area contributed by atoms with Crippen molar-refractivity contribution in [3.8, 4) is 11.1 Å². The summed E-state index contributed by atoms with van der Waals surface area (Å²) in [5.41, 5.74) is 4.27. The van der Waals surface area contributed by atoms with Crippen LogP contribution in [0.3, 0.4) is 0 Å². The zero-order chi connectivity index (χ0) is 52.3. The van der Waals surface area contributed by atoms with Crippen LogP contribution in [-0.4, -0.2) is 173 Å². The fourth-order valence-corrected chi connectivity index (χ4v) is 9.91. The molecule has 3 aliphatic rings. The largest absolute Gasteiger partial charge is 0.481 e. The van der Waals surface area contributed by atoms with Gasteiger partial charge in [-0.15, -0.1) is 0 Å². The van der Waals surface area contributed by atoms with E-state index < -0.39 is 103 Å². The molecule has 71 heavy (non-hydrogen) atoms. The number of hydrogen-bond acceptors (Lipinski definition) is 10. The number of amides is 7. The third-order valence-electron chi connectivity index (χ3n) is 14.4. The molecule has 0 bridgehead atoms. The number of carboxylic acid groups (broad SMARTS) is 2. The number of aliphatic carboxylic acids is 2. The summed E-state index contributed by atoms with van der Waals surface area (Å²) in [6, 6.07) is 10.3. The number of carbonyl (C=O) groups is 9. The van der Waals surface area contributed by atoms with Gasteiger partial charge in [0.25, 0.3) is 0 Å². The highest BCUT2D eigenvalue weighted by molar-refractivity contribution is 5.97. The summed E-state index contributed by atoms with van der Waals surface area (Å²) in [7, 11) is 5.77. The highest BCUT2D eigenvalue weighted by Crippen LogP contribution is 2.44. The number of likely N-dealkylation sites (N-methyl/N-ethyl adjacent to an activating group) is 4. The van der Waals surface area contributed by atoms with E-state index in [0.29, 0.717) is 19.3 Å². The Kier molecular flexibility index (Phi) is 19.5. The van der Waals surface area contributed by atoms with Gasteiger partial charge in [0.15, 0.2) is 0 Å². The van der Waals surface area contributed by atoms with Crippen LogP contribution >= 0.6 is 0 Å². The number of benzene rings is 2. The molecule has 2 aromatic rings. The first-order chi connectivity index (χ1) is 33.6. The Labute approximate surface area is 416 Å². The molecular weight excluding hydrogens is 915 g/mol. The fraction of sp³-hybridized carbons (Fsp3) is 0.596. The number of fused-ring (bicyclic) bond motifs is 3. The summed E-state index contributed by atoms with van der Waals surface area (Å²) >= 11 is 0. The maximum atomic E-state index is 14.2. The molecule has 2 aliphatic carbocycles. The molecule has 19 nitrogen and oxygen atoms in total. The van der Waals surface area contributed by atoms with Crippen LogP contribution in [0.25, 0.3) is 11.1 Å². The van der Waals surface area contributed by atoms with Crippen molar-refractivity contribution in [1.29, 1.82) is 0 Å². The average molecular weight is 988 g/mol. The van der Waals surface area contributed by atoms with Crippen molar-refractivity contribution in [1.82, 2.24) is 35.1 Å². The normalized spacial score (nSPS) is 17.5. The molecule has 2 fully saturated rings. The first-order valence-corrected chi connectivity index (χ1v) is 24.8. The first kappa shape index (κ1) is 55.4. The molecule has 388 valence electrons. The van der Waals surface area contributed by atoms with E-state index >= 15 is 0 Å². The molecule has 7 amide bonds. The molecule has 1 heterocycles. The van der Waals surface area contributed by atoms with E-state index in [4.69, 9.17) is 9.84 Å². The zero-order valence-electron chi connectivity index (χ0n) is 42.4. The van der Waals surface area contributed by atoms with Crippen LogP contribution in [0.4, 0.5) is 4.79 Å². The Balaban J connectivity index is 1.22. The van der Waals surface area contributed by atoms with Gasteiger partial charge in [0.1, 0.15) is 36.8 Å². The highest BCUT2D eigenvalue weighted by atomic mass is 16.6. The van der Waals surface area contributed by atoms with Crippen molar-refractivity contribution in [2.75, 3.05) is 54.4 Å². The second-order valence-corrected chi connectivity index (χ2v) is 20.0. The topological polar surface area (TPSA) is 244 Å². The maximum Gasteiger partial charge on any atom is 0.410 e. The molecule has 0 radical (unpaired) electrons. The lowest BCUT2D eigenvalue weighted by atomic mass is 9.84. The van der Waals surface area contributed by atoms with Gasteiger partial charge in [0.05, 0.1) is 19.5 Å². The Morgan fingerprint density at radius 3 is 1.87 bits per heavy atom. The summed E-state index contributed by atoms with van der Waals surface area (Å²) in [5.74, 6) is -7.00. The van der Waals surface area contributed by atoms with E-state index in [1.54, 1.807) is 0 Å². The molecular formula is C52H73N7O12. The quantitative estimate of drug-likeness (QED) is 0.123. The maximum absolute atomic E-state index is 14.2. The number of nitrogens with zero attached hydrogens (tertiary/aromatic N) is 5. The molecule has 2 aromatic carbocycles. The average Bonchev–Trinajstić information content (AvgIpc) is 3.64. The molecule has 6 atom stereocenters. The standard InChI is InChI=1S/C52H73N7O12/c1-9-32(4)46(54-47(64)41(25-31(2)3)58(8)52(70)71-30-38-36-21-15-13-19-34(36)35-20-14-16-22-37(35)38)50(67)56(6)29-44(61)59-24-23-40(59)49(66)57(7)42(26-33-17-11-10-12-18-33)48(65)55(5)28-43(60)53-39(51(68)69)27-45(62)63/h13-16,19-22,31-33,38-42,46H,9-12,17-18,23-30H2,1-8H3,(H,53,60)(H,54,64)(H,62,63)(H,68,69)/t32-,39-,40-,41-,42-,46-/m0/s1. The van der Waals surface area contributed by atoms with E-state index in [1.165, 1.54) is 47.8 Å². The molecule has 1 saturated carbocycles. The molecule has 19 heteroatoms. The summed E-state index contributed by atoms with van der Waals surface area (Å²) in [5, 5.41) is 23.5. The second-order valence-electron chi connectivity index (χ2n) is 20.0. The summed E-state index contributed by atoms with van der Waals surface area (Å²) < 4.78 is 5.90. The van der Waals surface area contributed by atoms with Gasteiger partial charge >= 0.3 is 18.0 Å². The second kappa shape index (κ2) is 25.0. The van der Waals surface area contributed by atoms with Crippen molar-refractivity contribution in [2.24, 2.45) is 17.8 Å². The van der Waals surface area contributed by atoms with Crippen LogP contribution in [0.2, 0.25) is 0 Å². The van der Waals surface area contributed by atoms with Crippen molar-refractivity contribution in [3.05, 3.63) is 59.7 Å². The van der Waals surface area contributed by atoms with E-state index in [0.717, 1.165) is 59.3 Å². The first-order valence-electron chi connectivity index (χ1n) is 24.8.